The second-order valence-electron chi connectivity index (χ2n) is 6.17. The molecule has 7 heteroatoms. The standard InChI is InChI=1S/C14H26N2O4S/c1-4-20-13(17)14(15-2)7-5-11(9-14)16(3)12-6-8-21(18,19)10-12/h11-12,15H,4-10H2,1-3H3. The van der Waals surface area contributed by atoms with Crippen molar-refractivity contribution in [3.05, 3.63) is 0 Å². The summed E-state index contributed by atoms with van der Waals surface area (Å²) in [6.45, 7) is 2.19. The molecule has 0 radical (unpaired) electrons. The van der Waals surface area contributed by atoms with Gasteiger partial charge in [-0.15, -0.1) is 0 Å². The van der Waals surface area contributed by atoms with Crippen LogP contribution in [0.5, 0.6) is 0 Å². The lowest BCUT2D eigenvalue weighted by Gasteiger charge is -2.32. The van der Waals surface area contributed by atoms with E-state index in [1.54, 1.807) is 7.05 Å². The van der Waals surface area contributed by atoms with Crippen LogP contribution in [0.15, 0.2) is 0 Å². The summed E-state index contributed by atoms with van der Waals surface area (Å²) in [6, 6.07) is 0.301. The summed E-state index contributed by atoms with van der Waals surface area (Å²) >= 11 is 0. The number of carbonyl (C=O) groups excluding carboxylic acids is 1. The van der Waals surface area contributed by atoms with E-state index >= 15 is 0 Å². The Morgan fingerprint density at radius 1 is 1.38 bits per heavy atom. The zero-order chi connectivity index (χ0) is 15.7. The van der Waals surface area contributed by atoms with E-state index in [1.807, 2.05) is 14.0 Å². The predicted octanol–water partition coefficient (Wildman–Crippen LogP) is 0.179. The molecule has 1 aliphatic carbocycles. The van der Waals surface area contributed by atoms with E-state index in [1.165, 1.54) is 0 Å². The Morgan fingerprint density at radius 2 is 2.10 bits per heavy atom. The molecule has 6 nitrogen and oxygen atoms in total. The summed E-state index contributed by atoms with van der Waals surface area (Å²) in [6.07, 6.45) is 2.99. The summed E-state index contributed by atoms with van der Waals surface area (Å²) in [5, 5.41) is 3.13. The topological polar surface area (TPSA) is 75.7 Å². The van der Waals surface area contributed by atoms with Gasteiger partial charge in [0.2, 0.25) is 0 Å². The highest BCUT2D eigenvalue weighted by atomic mass is 32.2. The summed E-state index contributed by atoms with van der Waals surface area (Å²) in [7, 11) is 0.892. The van der Waals surface area contributed by atoms with Crippen molar-refractivity contribution in [2.45, 2.75) is 50.2 Å². The third kappa shape index (κ3) is 3.40. The van der Waals surface area contributed by atoms with Crippen LogP contribution in [0.1, 0.15) is 32.6 Å². The van der Waals surface area contributed by atoms with Crippen molar-refractivity contribution in [2.75, 3.05) is 32.2 Å². The lowest BCUT2D eigenvalue weighted by Crippen LogP contribution is -2.51. The molecule has 2 rings (SSSR count). The normalized spacial score (nSPS) is 35.2. The minimum Gasteiger partial charge on any atom is -0.465 e. The van der Waals surface area contributed by atoms with Crippen molar-refractivity contribution in [1.82, 2.24) is 10.2 Å². The monoisotopic (exact) mass is 318 g/mol. The molecule has 0 aromatic rings. The van der Waals surface area contributed by atoms with E-state index in [-0.39, 0.29) is 29.6 Å². The second kappa shape index (κ2) is 6.22. The highest BCUT2D eigenvalue weighted by Gasteiger charge is 2.48. The van der Waals surface area contributed by atoms with Crippen LogP contribution in [-0.4, -0.2) is 69.1 Å². The maximum atomic E-state index is 12.2. The molecule has 1 saturated heterocycles. The number of carbonyl (C=O) groups is 1. The molecule has 1 heterocycles. The quantitative estimate of drug-likeness (QED) is 0.729. The minimum atomic E-state index is -2.88. The van der Waals surface area contributed by atoms with Gasteiger partial charge in [0.05, 0.1) is 18.1 Å². The van der Waals surface area contributed by atoms with Crippen LogP contribution < -0.4 is 5.32 Å². The van der Waals surface area contributed by atoms with Gasteiger partial charge in [-0.3, -0.25) is 9.69 Å². The summed E-state index contributed by atoms with van der Waals surface area (Å²) < 4.78 is 28.4. The minimum absolute atomic E-state index is 0.0786. The first-order chi connectivity index (χ1) is 9.83. The Hall–Kier alpha value is -0.660. The predicted molar refractivity (Wildman–Crippen MR) is 80.9 cm³/mol. The molecule has 0 amide bonds. The van der Waals surface area contributed by atoms with Crippen molar-refractivity contribution in [2.24, 2.45) is 0 Å². The molecule has 0 aromatic carbocycles. The highest BCUT2D eigenvalue weighted by molar-refractivity contribution is 7.91. The molecular weight excluding hydrogens is 292 g/mol. The van der Waals surface area contributed by atoms with Crippen LogP contribution in [0.3, 0.4) is 0 Å². The number of nitrogens with one attached hydrogen (secondary N) is 1. The number of ether oxygens (including phenoxy) is 1. The maximum Gasteiger partial charge on any atom is 0.326 e. The Morgan fingerprint density at radius 3 is 2.62 bits per heavy atom. The Kier molecular flexibility index (Phi) is 4.95. The van der Waals surface area contributed by atoms with Crippen molar-refractivity contribution in [3.63, 3.8) is 0 Å². The average Bonchev–Trinajstić information content (AvgIpc) is 3.02. The zero-order valence-electron chi connectivity index (χ0n) is 13.1. The molecule has 122 valence electrons. The van der Waals surface area contributed by atoms with E-state index in [0.717, 1.165) is 12.8 Å². The van der Waals surface area contributed by atoms with Gasteiger partial charge >= 0.3 is 5.97 Å². The van der Waals surface area contributed by atoms with Crippen LogP contribution in [-0.2, 0) is 19.4 Å². The fourth-order valence-electron chi connectivity index (χ4n) is 3.55. The van der Waals surface area contributed by atoms with E-state index in [4.69, 9.17) is 4.74 Å². The molecule has 2 aliphatic rings. The Bertz CT molecular complexity index is 493. The number of sulfone groups is 1. The van der Waals surface area contributed by atoms with Crippen LogP contribution in [0, 0.1) is 0 Å². The maximum absolute atomic E-state index is 12.2. The number of hydrogen-bond acceptors (Lipinski definition) is 6. The van der Waals surface area contributed by atoms with Crippen LogP contribution in [0.2, 0.25) is 0 Å². The van der Waals surface area contributed by atoms with Crippen LogP contribution in [0.4, 0.5) is 0 Å². The van der Waals surface area contributed by atoms with Gasteiger partial charge in [0, 0.05) is 12.1 Å². The molecule has 3 atom stereocenters. The van der Waals surface area contributed by atoms with Gasteiger partial charge < -0.3 is 10.1 Å². The van der Waals surface area contributed by atoms with E-state index < -0.39 is 15.4 Å². The number of rotatable bonds is 5. The summed E-state index contributed by atoms with van der Waals surface area (Å²) in [5.41, 5.74) is -0.619. The third-order valence-electron chi connectivity index (χ3n) is 4.99. The first-order valence-corrected chi connectivity index (χ1v) is 9.44. The largest absolute Gasteiger partial charge is 0.465 e. The van der Waals surface area contributed by atoms with Crippen molar-refractivity contribution < 1.29 is 17.9 Å². The Labute approximate surface area is 127 Å². The molecule has 1 N–H and O–H groups in total. The molecule has 21 heavy (non-hydrogen) atoms. The first-order valence-electron chi connectivity index (χ1n) is 7.62. The fraction of sp³-hybridized carbons (Fsp3) is 0.929. The van der Waals surface area contributed by atoms with E-state index in [0.29, 0.717) is 19.4 Å². The molecule has 0 aromatic heterocycles. The van der Waals surface area contributed by atoms with Crippen LogP contribution >= 0.6 is 0 Å². The molecule has 1 aliphatic heterocycles. The van der Waals surface area contributed by atoms with Gasteiger partial charge in [-0.25, -0.2) is 8.42 Å². The highest BCUT2D eigenvalue weighted by Crippen LogP contribution is 2.35. The number of likely N-dealkylation sites (N-methyl/N-ethyl adjacent to an activating group) is 1. The van der Waals surface area contributed by atoms with Crippen LogP contribution in [0.25, 0.3) is 0 Å². The third-order valence-corrected chi connectivity index (χ3v) is 6.74. The van der Waals surface area contributed by atoms with Gasteiger partial charge in [0.25, 0.3) is 0 Å². The molecule has 0 spiro atoms. The number of nitrogens with zero attached hydrogens (tertiary/aromatic N) is 1. The van der Waals surface area contributed by atoms with E-state index in [2.05, 4.69) is 10.2 Å². The van der Waals surface area contributed by atoms with Gasteiger partial charge in [-0.1, -0.05) is 0 Å². The molecule has 1 saturated carbocycles. The van der Waals surface area contributed by atoms with Gasteiger partial charge in [0.1, 0.15) is 5.54 Å². The zero-order valence-corrected chi connectivity index (χ0v) is 13.9. The molecule has 3 unspecified atom stereocenters. The summed E-state index contributed by atoms with van der Waals surface area (Å²) in [5.74, 6) is 0.331. The van der Waals surface area contributed by atoms with E-state index in [9.17, 15) is 13.2 Å². The van der Waals surface area contributed by atoms with Crippen molar-refractivity contribution >= 4 is 15.8 Å². The molecule has 2 fully saturated rings. The lowest BCUT2D eigenvalue weighted by molar-refractivity contribution is -0.151. The average molecular weight is 318 g/mol. The number of esters is 1. The summed E-state index contributed by atoms with van der Waals surface area (Å²) in [4.78, 5) is 14.3. The SMILES string of the molecule is CCOC(=O)C1(NC)CCC(N(C)C2CCS(=O)(=O)C2)C1. The fourth-order valence-corrected chi connectivity index (χ4v) is 5.33. The van der Waals surface area contributed by atoms with Crippen molar-refractivity contribution in [1.29, 1.82) is 0 Å². The Balaban J connectivity index is 2.02. The van der Waals surface area contributed by atoms with Gasteiger partial charge in [-0.05, 0) is 46.7 Å². The lowest BCUT2D eigenvalue weighted by atomic mass is 9.97. The first kappa shape index (κ1) is 16.7. The molecular formula is C14H26N2O4S. The molecule has 0 bridgehead atoms. The van der Waals surface area contributed by atoms with Gasteiger partial charge in [-0.2, -0.15) is 0 Å². The smallest absolute Gasteiger partial charge is 0.326 e. The van der Waals surface area contributed by atoms with Gasteiger partial charge in [0.15, 0.2) is 9.84 Å². The van der Waals surface area contributed by atoms with Crippen molar-refractivity contribution in [3.8, 4) is 0 Å². The second-order valence-corrected chi connectivity index (χ2v) is 8.40. The number of hydrogen-bond donors (Lipinski definition) is 1.